The summed E-state index contributed by atoms with van der Waals surface area (Å²) >= 11 is 0. The Morgan fingerprint density at radius 3 is 2.35 bits per heavy atom. The zero-order chi connectivity index (χ0) is 12.6. The number of imide groups is 1. The van der Waals surface area contributed by atoms with Gasteiger partial charge in [0.05, 0.1) is 7.11 Å². The summed E-state index contributed by atoms with van der Waals surface area (Å²) in [5, 5.41) is 2.70. The van der Waals surface area contributed by atoms with Crippen molar-refractivity contribution in [2.24, 2.45) is 0 Å². The summed E-state index contributed by atoms with van der Waals surface area (Å²) in [5.41, 5.74) is -0.823. The van der Waals surface area contributed by atoms with Crippen LogP contribution in [0.3, 0.4) is 0 Å². The van der Waals surface area contributed by atoms with Gasteiger partial charge in [-0.05, 0) is 12.8 Å². The molecule has 2 fully saturated rings. The molecule has 17 heavy (non-hydrogen) atoms. The Kier molecular flexibility index (Phi) is 2.68. The lowest BCUT2D eigenvalue weighted by Gasteiger charge is -2.36. The summed E-state index contributed by atoms with van der Waals surface area (Å²) in [6.45, 7) is 0.819. The van der Waals surface area contributed by atoms with Crippen LogP contribution in [0.25, 0.3) is 0 Å². The number of nitrogens with one attached hydrogen (secondary N) is 1. The van der Waals surface area contributed by atoms with E-state index in [1.165, 1.54) is 19.1 Å². The van der Waals surface area contributed by atoms with Gasteiger partial charge in [-0.15, -0.1) is 0 Å². The molecule has 0 aromatic carbocycles. The van der Waals surface area contributed by atoms with E-state index in [1.807, 2.05) is 0 Å². The number of hydrogen-bond acceptors (Lipinski definition) is 4. The normalized spacial score (nSPS) is 22.9. The Morgan fingerprint density at radius 1 is 1.35 bits per heavy atom. The molecule has 2 saturated heterocycles. The van der Waals surface area contributed by atoms with E-state index in [9.17, 15) is 14.4 Å². The number of urea groups is 1. The quantitative estimate of drug-likeness (QED) is 0.594. The van der Waals surface area contributed by atoms with Crippen LogP contribution in [0, 0.1) is 0 Å². The molecule has 1 N–H and O–H groups in total. The van der Waals surface area contributed by atoms with Crippen LogP contribution in [0.1, 0.15) is 12.8 Å². The molecule has 0 unspecified atom stereocenters. The molecule has 2 rings (SSSR count). The number of carbonyl (C=O) groups excluding carboxylic acids is 3. The van der Waals surface area contributed by atoms with Crippen LogP contribution >= 0.6 is 0 Å². The van der Waals surface area contributed by atoms with E-state index in [2.05, 4.69) is 10.1 Å². The van der Waals surface area contributed by atoms with Gasteiger partial charge in [-0.2, -0.15) is 0 Å². The lowest BCUT2D eigenvalue weighted by molar-refractivity contribution is -0.131. The molecule has 4 amide bonds. The van der Waals surface area contributed by atoms with Gasteiger partial charge in [0.1, 0.15) is 5.54 Å². The van der Waals surface area contributed by atoms with Crippen molar-refractivity contribution in [3.05, 3.63) is 0 Å². The minimum absolute atomic E-state index is 0.216. The number of carbonyl (C=O) groups is 3. The summed E-state index contributed by atoms with van der Waals surface area (Å²) in [7, 11) is 2.78. The second kappa shape index (κ2) is 3.90. The number of amides is 4. The van der Waals surface area contributed by atoms with E-state index in [-0.39, 0.29) is 11.9 Å². The van der Waals surface area contributed by atoms with E-state index in [0.717, 1.165) is 4.90 Å². The molecule has 7 heteroatoms. The number of likely N-dealkylation sites (N-methyl/N-ethyl adjacent to an activating group) is 1. The maximum Gasteiger partial charge on any atom is 0.409 e. The van der Waals surface area contributed by atoms with Crippen molar-refractivity contribution in [3.8, 4) is 0 Å². The Balaban J connectivity index is 2.06. The largest absolute Gasteiger partial charge is 0.453 e. The van der Waals surface area contributed by atoms with Crippen LogP contribution in [0.4, 0.5) is 9.59 Å². The maximum atomic E-state index is 11.9. The summed E-state index contributed by atoms with van der Waals surface area (Å²) in [5.74, 6) is -0.216. The Hall–Kier alpha value is -1.79. The first-order chi connectivity index (χ1) is 8.00. The third-order valence-corrected chi connectivity index (χ3v) is 3.41. The third kappa shape index (κ3) is 1.71. The van der Waals surface area contributed by atoms with Gasteiger partial charge < -0.3 is 15.0 Å². The molecule has 1 spiro atoms. The van der Waals surface area contributed by atoms with E-state index < -0.39 is 11.6 Å². The van der Waals surface area contributed by atoms with Crippen LogP contribution < -0.4 is 5.32 Å². The number of nitrogens with zero attached hydrogens (tertiary/aromatic N) is 2. The smallest absolute Gasteiger partial charge is 0.409 e. The third-order valence-electron chi connectivity index (χ3n) is 3.41. The number of hydrogen-bond donors (Lipinski definition) is 1. The first-order valence-electron chi connectivity index (χ1n) is 5.43. The average molecular weight is 241 g/mol. The maximum absolute atomic E-state index is 11.9. The summed E-state index contributed by atoms with van der Waals surface area (Å²) in [4.78, 5) is 37.3. The van der Waals surface area contributed by atoms with Gasteiger partial charge in [0, 0.05) is 20.1 Å². The van der Waals surface area contributed by atoms with E-state index >= 15 is 0 Å². The molecule has 2 aliphatic rings. The van der Waals surface area contributed by atoms with Crippen LogP contribution in [0.5, 0.6) is 0 Å². The van der Waals surface area contributed by atoms with Crippen molar-refractivity contribution < 1.29 is 19.1 Å². The molecule has 0 atom stereocenters. The fourth-order valence-corrected chi connectivity index (χ4v) is 2.29. The minimum atomic E-state index is -0.823. The monoisotopic (exact) mass is 241 g/mol. The Bertz CT molecular complexity index is 374. The highest BCUT2D eigenvalue weighted by Gasteiger charge is 2.51. The van der Waals surface area contributed by atoms with Gasteiger partial charge in [0.25, 0.3) is 5.91 Å². The molecule has 2 heterocycles. The second-order valence-electron chi connectivity index (χ2n) is 4.33. The van der Waals surface area contributed by atoms with Gasteiger partial charge in [-0.3, -0.25) is 9.69 Å². The number of piperidine rings is 1. The minimum Gasteiger partial charge on any atom is -0.453 e. The molecule has 0 saturated carbocycles. The van der Waals surface area contributed by atoms with Crippen LogP contribution in [0.2, 0.25) is 0 Å². The fraction of sp³-hybridized carbons (Fsp3) is 0.700. The van der Waals surface area contributed by atoms with Crippen molar-refractivity contribution in [1.29, 1.82) is 0 Å². The van der Waals surface area contributed by atoms with Crippen LogP contribution in [-0.4, -0.2) is 60.6 Å². The molecule has 0 aromatic heterocycles. The van der Waals surface area contributed by atoms with Gasteiger partial charge in [-0.1, -0.05) is 0 Å². The van der Waals surface area contributed by atoms with Crippen molar-refractivity contribution in [2.75, 3.05) is 27.2 Å². The Labute approximate surface area is 98.7 Å². The lowest BCUT2D eigenvalue weighted by Crippen LogP contribution is -2.55. The molecular formula is C10H15N3O4. The fourth-order valence-electron chi connectivity index (χ4n) is 2.29. The first kappa shape index (κ1) is 11.7. The van der Waals surface area contributed by atoms with Crippen LogP contribution in [-0.2, 0) is 9.53 Å². The highest BCUT2D eigenvalue weighted by Crippen LogP contribution is 2.28. The van der Waals surface area contributed by atoms with Gasteiger partial charge in [-0.25, -0.2) is 9.59 Å². The highest BCUT2D eigenvalue weighted by atomic mass is 16.5. The predicted molar refractivity (Wildman–Crippen MR) is 57.2 cm³/mol. The van der Waals surface area contributed by atoms with Gasteiger partial charge in [0.15, 0.2) is 0 Å². The SMILES string of the molecule is COC(=O)N1CCC2(CC1)NC(=O)N(C)C2=O. The molecule has 0 aliphatic carbocycles. The van der Waals surface area contributed by atoms with E-state index in [4.69, 9.17) is 0 Å². The van der Waals surface area contributed by atoms with E-state index in [0.29, 0.717) is 25.9 Å². The topological polar surface area (TPSA) is 79.0 Å². The molecule has 0 bridgehead atoms. The van der Waals surface area contributed by atoms with Crippen molar-refractivity contribution >= 4 is 18.0 Å². The van der Waals surface area contributed by atoms with Gasteiger partial charge >= 0.3 is 12.1 Å². The number of likely N-dealkylation sites (tertiary alicyclic amines) is 1. The van der Waals surface area contributed by atoms with Crippen LogP contribution in [0.15, 0.2) is 0 Å². The van der Waals surface area contributed by atoms with Gasteiger partial charge in [0.2, 0.25) is 0 Å². The first-order valence-corrected chi connectivity index (χ1v) is 5.43. The summed E-state index contributed by atoms with van der Waals surface area (Å²) in [6, 6.07) is -0.374. The second-order valence-corrected chi connectivity index (χ2v) is 4.33. The van der Waals surface area contributed by atoms with Crippen molar-refractivity contribution in [3.63, 3.8) is 0 Å². The molecule has 0 radical (unpaired) electrons. The standard InChI is InChI=1S/C10H15N3O4/c1-12-7(14)10(11-8(12)15)3-5-13(6-4-10)9(16)17-2/h3-6H2,1-2H3,(H,11,15). The lowest BCUT2D eigenvalue weighted by atomic mass is 9.88. The summed E-state index contributed by atoms with van der Waals surface area (Å²) in [6.07, 6.45) is 0.457. The number of methoxy groups -OCH3 is 1. The zero-order valence-electron chi connectivity index (χ0n) is 9.86. The molecule has 7 nitrogen and oxygen atoms in total. The molecule has 2 aliphatic heterocycles. The molecular weight excluding hydrogens is 226 g/mol. The number of ether oxygens (including phenoxy) is 1. The zero-order valence-corrected chi connectivity index (χ0v) is 9.86. The van der Waals surface area contributed by atoms with E-state index in [1.54, 1.807) is 0 Å². The summed E-state index contributed by atoms with van der Waals surface area (Å²) < 4.78 is 4.61. The van der Waals surface area contributed by atoms with Crippen molar-refractivity contribution in [2.45, 2.75) is 18.4 Å². The average Bonchev–Trinajstić information content (AvgIpc) is 2.55. The van der Waals surface area contributed by atoms with Crippen molar-refractivity contribution in [1.82, 2.24) is 15.1 Å². The predicted octanol–water partition coefficient (Wildman–Crippen LogP) is -0.231. The number of rotatable bonds is 0. The molecule has 0 aromatic rings. The Morgan fingerprint density at radius 2 is 1.94 bits per heavy atom. The molecule has 94 valence electrons. The highest BCUT2D eigenvalue weighted by molar-refractivity contribution is 6.06.